The van der Waals surface area contributed by atoms with Crippen molar-refractivity contribution in [3.63, 3.8) is 0 Å². The normalized spacial score (nSPS) is 32.3. The Morgan fingerprint density at radius 1 is 1.47 bits per heavy atom. The first-order chi connectivity index (χ1) is 7.21. The standard InChI is InChI=1S/C13H15NO/c1-9-4-2-3-5-10(9)6-13-7-11(13)12(15)14-8-13/h2-5,11H,6-8H2,1H3,(H,14,15). The van der Waals surface area contributed by atoms with Crippen LogP contribution < -0.4 is 5.32 Å². The van der Waals surface area contributed by atoms with Crippen LogP contribution in [0.3, 0.4) is 0 Å². The number of hydrogen-bond acceptors (Lipinski definition) is 1. The molecule has 1 aromatic carbocycles. The maximum Gasteiger partial charge on any atom is 0.223 e. The first-order valence-electron chi connectivity index (χ1n) is 5.53. The predicted molar refractivity (Wildman–Crippen MR) is 58.4 cm³/mol. The van der Waals surface area contributed by atoms with Gasteiger partial charge < -0.3 is 5.32 Å². The lowest BCUT2D eigenvalue weighted by Crippen LogP contribution is -2.21. The Bertz CT molecular complexity index is 426. The van der Waals surface area contributed by atoms with Gasteiger partial charge in [0.25, 0.3) is 0 Å². The first kappa shape index (κ1) is 8.96. The number of benzene rings is 1. The third kappa shape index (κ3) is 1.28. The summed E-state index contributed by atoms with van der Waals surface area (Å²) in [5.41, 5.74) is 3.01. The van der Waals surface area contributed by atoms with Gasteiger partial charge in [0.05, 0.1) is 0 Å². The molecule has 1 aliphatic heterocycles. The number of nitrogens with one attached hydrogen (secondary N) is 1. The smallest absolute Gasteiger partial charge is 0.223 e. The summed E-state index contributed by atoms with van der Waals surface area (Å²) in [6, 6.07) is 8.48. The molecule has 78 valence electrons. The minimum atomic E-state index is 0.267. The summed E-state index contributed by atoms with van der Waals surface area (Å²) in [7, 11) is 0. The molecule has 0 bridgehead atoms. The van der Waals surface area contributed by atoms with Crippen LogP contribution in [-0.2, 0) is 11.2 Å². The van der Waals surface area contributed by atoms with Crippen molar-refractivity contribution in [2.45, 2.75) is 19.8 Å². The van der Waals surface area contributed by atoms with Gasteiger partial charge in [-0.1, -0.05) is 24.3 Å². The lowest BCUT2D eigenvalue weighted by atomic mass is 9.93. The maximum atomic E-state index is 11.4. The monoisotopic (exact) mass is 201 g/mol. The molecule has 2 nitrogen and oxygen atoms in total. The molecular weight excluding hydrogens is 186 g/mol. The fourth-order valence-corrected chi connectivity index (χ4v) is 2.75. The van der Waals surface area contributed by atoms with Gasteiger partial charge in [0.2, 0.25) is 5.91 Å². The van der Waals surface area contributed by atoms with Crippen LogP contribution in [0, 0.1) is 18.3 Å². The van der Waals surface area contributed by atoms with E-state index in [1.807, 2.05) is 0 Å². The topological polar surface area (TPSA) is 29.1 Å². The van der Waals surface area contributed by atoms with E-state index in [1.165, 1.54) is 11.1 Å². The Morgan fingerprint density at radius 2 is 2.27 bits per heavy atom. The van der Waals surface area contributed by atoms with Gasteiger partial charge in [-0.3, -0.25) is 4.79 Å². The van der Waals surface area contributed by atoms with E-state index >= 15 is 0 Å². The summed E-state index contributed by atoms with van der Waals surface area (Å²) in [6.07, 6.45) is 2.15. The molecule has 1 saturated carbocycles. The molecule has 2 unspecified atom stereocenters. The summed E-state index contributed by atoms with van der Waals surface area (Å²) >= 11 is 0. The molecular formula is C13H15NO. The van der Waals surface area contributed by atoms with Crippen molar-refractivity contribution in [2.75, 3.05) is 6.54 Å². The van der Waals surface area contributed by atoms with Gasteiger partial charge in [-0.25, -0.2) is 0 Å². The average Bonchev–Trinajstić information content (AvgIpc) is 2.86. The Balaban J connectivity index is 1.83. The van der Waals surface area contributed by atoms with Crippen LogP contribution in [0.15, 0.2) is 24.3 Å². The molecule has 3 rings (SSSR count). The molecule has 1 heterocycles. The van der Waals surface area contributed by atoms with Gasteiger partial charge in [-0.2, -0.15) is 0 Å². The second-order valence-electron chi connectivity index (χ2n) is 4.94. The van der Waals surface area contributed by atoms with E-state index in [9.17, 15) is 4.79 Å². The second kappa shape index (κ2) is 2.84. The Labute approximate surface area is 89.7 Å². The lowest BCUT2D eigenvalue weighted by Gasteiger charge is -2.12. The van der Waals surface area contributed by atoms with Crippen LogP contribution >= 0.6 is 0 Å². The van der Waals surface area contributed by atoms with Gasteiger partial charge >= 0.3 is 0 Å². The largest absolute Gasteiger partial charge is 0.355 e. The summed E-state index contributed by atoms with van der Waals surface area (Å²) in [6.45, 7) is 3.03. The van der Waals surface area contributed by atoms with Gasteiger partial charge in [0.15, 0.2) is 0 Å². The summed E-state index contributed by atoms with van der Waals surface area (Å²) in [5.74, 6) is 0.570. The van der Waals surface area contributed by atoms with E-state index in [-0.39, 0.29) is 11.3 Å². The van der Waals surface area contributed by atoms with Gasteiger partial charge in [-0.05, 0) is 30.9 Å². The molecule has 0 spiro atoms. The maximum absolute atomic E-state index is 11.4. The molecule has 1 N–H and O–H groups in total. The van der Waals surface area contributed by atoms with Crippen molar-refractivity contribution in [2.24, 2.45) is 11.3 Å². The minimum absolute atomic E-state index is 0.267. The summed E-state index contributed by atoms with van der Waals surface area (Å²) in [4.78, 5) is 11.4. The second-order valence-corrected chi connectivity index (χ2v) is 4.94. The highest BCUT2D eigenvalue weighted by Crippen LogP contribution is 2.57. The van der Waals surface area contributed by atoms with Crippen LogP contribution in [0.5, 0.6) is 0 Å². The molecule has 1 aromatic rings. The number of carbonyl (C=O) groups excluding carboxylic acids is 1. The van der Waals surface area contributed by atoms with Crippen molar-refractivity contribution in [3.8, 4) is 0 Å². The Kier molecular flexibility index (Phi) is 1.70. The van der Waals surface area contributed by atoms with Crippen molar-refractivity contribution < 1.29 is 4.79 Å². The third-order valence-electron chi connectivity index (χ3n) is 3.92. The number of fused-ring (bicyclic) bond motifs is 1. The number of rotatable bonds is 2. The van der Waals surface area contributed by atoms with Crippen molar-refractivity contribution >= 4 is 5.91 Å². The predicted octanol–water partition coefficient (Wildman–Crippen LogP) is 1.67. The number of piperidine rings is 1. The number of amides is 1. The fraction of sp³-hybridized carbons (Fsp3) is 0.462. The molecule has 1 aliphatic carbocycles. The zero-order valence-corrected chi connectivity index (χ0v) is 8.92. The first-order valence-corrected chi connectivity index (χ1v) is 5.53. The van der Waals surface area contributed by atoms with Crippen LogP contribution in [0.25, 0.3) is 0 Å². The zero-order valence-electron chi connectivity index (χ0n) is 8.92. The van der Waals surface area contributed by atoms with Crippen LogP contribution in [0.4, 0.5) is 0 Å². The molecule has 1 saturated heterocycles. The third-order valence-corrected chi connectivity index (χ3v) is 3.92. The van der Waals surface area contributed by atoms with Gasteiger partial charge in [0.1, 0.15) is 0 Å². The van der Waals surface area contributed by atoms with Gasteiger partial charge in [0, 0.05) is 17.9 Å². The molecule has 0 radical (unpaired) electrons. The number of carbonyl (C=O) groups is 1. The Morgan fingerprint density at radius 3 is 2.87 bits per heavy atom. The number of hydrogen-bond donors (Lipinski definition) is 1. The highest BCUT2D eigenvalue weighted by molar-refractivity contribution is 5.85. The van der Waals surface area contributed by atoms with Crippen LogP contribution in [-0.4, -0.2) is 12.5 Å². The SMILES string of the molecule is Cc1ccccc1CC12CNC(=O)C1C2. The molecule has 15 heavy (non-hydrogen) atoms. The van der Waals surface area contributed by atoms with Gasteiger partial charge in [-0.15, -0.1) is 0 Å². The molecule has 2 fully saturated rings. The fourth-order valence-electron chi connectivity index (χ4n) is 2.75. The molecule has 2 heteroatoms. The minimum Gasteiger partial charge on any atom is -0.355 e. The molecule has 0 aromatic heterocycles. The van der Waals surface area contributed by atoms with Crippen molar-refractivity contribution in [1.29, 1.82) is 0 Å². The van der Waals surface area contributed by atoms with E-state index in [2.05, 4.69) is 36.5 Å². The lowest BCUT2D eigenvalue weighted by molar-refractivity contribution is -0.120. The van der Waals surface area contributed by atoms with E-state index in [4.69, 9.17) is 0 Å². The van der Waals surface area contributed by atoms with Crippen LogP contribution in [0.1, 0.15) is 17.5 Å². The Hall–Kier alpha value is -1.31. The van der Waals surface area contributed by atoms with E-state index in [0.29, 0.717) is 5.92 Å². The number of aryl methyl sites for hydroxylation is 1. The van der Waals surface area contributed by atoms with E-state index in [0.717, 1.165) is 19.4 Å². The van der Waals surface area contributed by atoms with E-state index < -0.39 is 0 Å². The summed E-state index contributed by atoms with van der Waals surface area (Å²) < 4.78 is 0. The van der Waals surface area contributed by atoms with Crippen molar-refractivity contribution in [1.82, 2.24) is 5.32 Å². The quantitative estimate of drug-likeness (QED) is 0.775. The molecule has 2 atom stereocenters. The van der Waals surface area contributed by atoms with E-state index in [1.54, 1.807) is 0 Å². The zero-order chi connectivity index (χ0) is 10.5. The summed E-state index contributed by atoms with van der Waals surface area (Å²) in [5, 5.41) is 2.96. The van der Waals surface area contributed by atoms with Crippen LogP contribution in [0.2, 0.25) is 0 Å². The van der Waals surface area contributed by atoms with Crippen molar-refractivity contribution in [3.05, 3.63) is 35.4 Å². The highest BCUT2D eigenvalue weighted by atomic mass is 16.2. The highest BCUT2D eigenvalue weighted by Gasteiger charge is 2.61. The molecule has 2 aliphatic rings. The average molecular weight is 201 g/mol. The molecule has 1 amide bonds.